The van der Waals surface area contributed by atoms with Gasteiger partial charge in [0.1, 0.15) is 10.7 Å². The van der Waals surface area contributed by atoms with Gasteiger partial charge in [0.05, 0.1) is 6.54 Å². The summed E-state index contributed by atoms with van der Waals surface area (Å²) in [5.74, 6) is 0.173. The minimum Gasteiger partial charge on any atom is -0.348 e. The molecule has 2 aromatic rings. The molecule has 2 N–H and O–H groups in total. The molecule has 1 aromatic carbocycles. The van der Waals surface area contributed by atoms with Crippen LogP contribution >= 0.6 is 11.3 Å². The molecule has 0 fully saturated rings. The van der Waals surface area contributed by atoms with Crippen molar-refractivity contribution in [1.82, 2.24) is 15.2 Å². The maximum atomic E-state index is 12.9. The molecule has 0 radical (unpaired) electrons. The van der Waals surface area contributed by atoms with E-state index in [1.807, 2.05) is 52.8 Å². The third-order valence-electron chi connectivity index (χ3n) is 5.05. The van der Waals surface area contributed by atoms with E-state index in [1.165, 1.54) is 11.3 Å². The fourth-order valence-electron chi connectivity index (χ4n) is 2.76. The summed E-state index contributed by atoms with van der Waals surface area (Å²) in [5, 5.41) is 8.48. The highest BCUT2D eigenvalue weighted by Crippen LogP contribution is 2.21. The molecule has 0 saturated carbocycles. The lowest BCUT2D eigenvalue weighted by molar-refractivity contribution is 0.0926. The van der Waals surface area contributed by atoms with Crippen molar-refractivity contribution in [3.8, 4) is 0 Å². The Labute approximate surface area is 177 Å². The number of thiazole rings is 1. The third kappa shape index (κ3) is 6.03. The number of nitrogens with one attached hydrogen (secondary N) is 2. The Bertz CT molecular complexity index is 840. The quantitative estimate of drug-likeness (QED) is 0.669. The van der Waals surface area contributed by atoms with Crippen molar-refractivity contribution in [3.63, 3.8) is 0 Å². The summed E-state index contributed by atoms with van der Waals surface area (Å²) in [4.78, 5) is 31.5. The molecule has 0 saturated heterocycles. The molecule has 2 rings (SSSR count). The van der Waals surface area contributed by atoms with Crippen molar-refractivity contribution in [2.24, 2.45) is 5.92 Å². The second-order valence-electron chi connectivity index (χ2n) is 8.05. The number of para-hydroxylation sites is 1. The molecule has 29 heavy (non-hydrogen) atoms. The van der Waals surface area contributed by atoms with Crippen molar-refractivity contribution in [2.75, 3.05) is 5.32 Å². The number of anilines is 1. The van der Waals surface area contributed by atoms with Gasteiger partial charge in [-0.25, -0.2) is 9.78 Å². The standard InChI is InChI=1S/C22H32N4O2S/c1-13(2)17(7)23-21(27)18-12-29-19(24-18)11-26(14(3)4)22(28)25-20-15(5)9-8-10-16(20)6/h8-10,12-14,17H,11H2,1-7H3,(H,23,27)(H,25,28). The monoisotopic (exact) mass is 416 g/mol. The highest BCUT2D eigenvalue weighted by atomic mass is 32.1. The minimum absolute atomic E-state index is 0.0125. The van der Waals surface area contributed by atoms with E-state index in [0.717, 1.165) is 21.8 Å². The van der Waals surface area contributed by atoms with Gasteiger partial charge in [-0.15, -0.1) is 11.3 Å². The molecule has 1 heterocycles. The first-order valence-electron chi connectivity index (χ1n) is 9.99. The van der Waals surface area contributed by atoms with Gasteiger partial charge in [-0.2, -0.15) is 0 Å². The Balaban J connectivity index is 2.10. The first kappa shape index (κ1) is 22.9. The third-order valence-corrected chi connectivity index (χ3v) is 5.88. The Morgan fingerprint density at radius 3 is 2.28 bits per heavy atom. The first-order valence-corrected chi connectivity index (χ1v) is 10.9. The highest BCUT2D eigenvalue weighted by Gasteiger charge is 2.22. The van der Waals surface area contributed by atoms with Crippen LogP contribution in [-0.4, -0.2) is 33.9 Å². The van der Waals surface area contributed by atoms with E-state index in [1.54, 1.807) is 10.3 Å². The Morgan fingerprint density at radius 2 is 1.72 bits per heavy atom. The van der Waals surface area contributed by atoms with E-state index >= 15 is 0 Å². The summed E-state index contributed by atoms with van der Waals surface area (Å²) in [5.41, 5.74) is 3.28. The molecule has 1 aromatic heterocycles. The second kappa shape index (κ2) is 9.87. The number of urea groups is 1. The SMILES string of the molecule is Cc1cccc(C)c1NC(=O)N(Cc1nc(C(=O)NC(C)C(C)C)cs1)C(C)C. The topological polar surface area (TPSA) is 74.3 Å². The normalized spacial score (nSPS) is 12.2. The van der Waals surface area contributed by atoms with Gasteiger partial charge in [0.15, 0.2) is 0 Å². The predicted octanol–water partition coefficient (Wildman–Crippen LogP) is 4.98. The van der Waals surface area contributed by atoms with Crippen LogP contribution in [0.2, 0.25) is 0 Å². The van der Waals surface area contributed by atoms with E-state index in [9.17, 15) is 9.59 Å². The highest BCUT2D eigenvalue weighted by molar-refractivity contribution is 7.09. The summed E-state index contributed by atoms with van der Waals surface area (Å²) in [6, 6.07) is 5.82. The van der Waals surface area contributed by atoms with Crippen molar-refractivity contribution in [1.29, 1.82) is 0 Å². The second-order valence-corrected chi connectivity index (χ2v) is 8.99. The minimum atomic E-state index is -0.176. The number of carbonyl (C=O) groups is 2. The zero-order chi connectivity index (χ0) is 21.7. The Morgan fingerprint density at radius 1 is 1.10 bits per heavy atom. The van der Waals surface area contributed by atoms with Crippen molar-refractivity contribution >= 4 is 29.0 Å². The number of aromatic nitrogens is 1. The number of benzene rings is 1. The van der Waals surface area contributed by atoms with Crippen LogP contribution in [0.1, 0.15) is 61.2 Å². The number of aryl methyl sites for hydroxylation is 2. The maximum absolute atomic E-state index is 12.9. The van der Waals surface area contributed by atoms with Crippen LogP contribution in [0.3, 0.4) is 0 Å². The zero-order valence-corrected chi connectivity index (χ0v) is 19.2. The largest absolute Gasteiger partial charge is 0.348 e. The van der Waals surface area contributed by atoms with Crippen LogP contribution in [-0.2, 0) is 6.54 Å². The Hall–Kier alpha value is -2.41. The lowest BCUT2D eigenvalue weighted by atomic mass is 10.1. The van der Waals surface area contributed by atoms with Crippen LogP contribution in [0.15, 0.2) is 23.6 Å². The molecule has 1 unspecified atom stereocenters. The van der Waals surface area contributed by atoms with E-state index in [4.69, 9.17) is 0 Å². The average Bonchev–Trinajstić information content (AvgIpc) is 3.11. The Kier molecular flexibility index (Phi) is 7.79. The van der Waals surface area contributed by atoms with Gasteiger partial charge < -0.3 is 15.5 Å². The molecule has 0 spiro atoms. The van der Waals surface area contributed by atoms with Crippen LogP contribution in [0, 0.1) is 19.8 Å². The van der Waals surface area contributed by atoms with Gasteiger partial charge in [-0.05, 0) is 51.7 Å². The van der Waals surface area contributed by atoms with E-state index in [2.05, 4.69) is 29.5 Å². The molecular formula is C22H32N4O2S. The van der Waals surface area contributed by atoms with Crippen LogP contribution in [0.5, 0.6) is 0 Å². The zero-order valence-electron chi connectivity index (χ0n) is 18.4. The first-order chi connectivity index (χ1) is 13.6. The number of rotatable bonds is 7. The van der Waals surface area contributed by atoms with Gasteiger partial charge in [-0.1, -0.05) is 32.0 Å². The molecule has 158 valence electrons. The van der Waals surface area contributed by atoms with Gasteiger partial charge in [0.25, 0.3) is 5.91 Å². The van der Waals surface area contributed by atoms with Crippen LogP contribution in [0.4, 0.5) is 10.5 Å². The summed E-state index contributed by atoms with van der Waals surface area (Å²) < 4.78 is 0. The average molecular weight is 417 g/mol. The predicted molar refractivity (Wildman–Crippen MR) is 119 cm³/mol. The van der Waals surface area contributed by atoms with E-state index in [-0.39, 0.29) is 24.0 Å². The lowest BCUT2D eigenvalue weighted by Crippen LogP contribution is -2.39. The van der Waals surface area contributed by atoms with Gasteiger partial charge in [0.2, 0.25) is 0 Å². The number of amides is 3. The molecule has 0 aliphatic carbocycles. The maximum Gasteiger partial charge on any atom is 0.322 e. The van der Waals surface area contributed by atoms with Crippen molar-refractivity contribution in [3.05, 3.63) is 45.4 Å². The summed E-state index contributed by atoms with van der Waals surface area (Å²) >= 11 is 1.40. The summed E-state index contributed by atoms with van der Waals surface area (Å²) in [6.45, 7) is 14.4. The van der Waals surface area contributed by atoms with Gasteiger partial charge >= 0.3 is 6.03 Å². The van der Waals surface area contributed by atoms with Crippen LogP contribution in [0.25, 0.3) is 0 Å². The van der Waals surface area contributed by atoms with E-state index in [0.29, 0.717) is 18.2 Å². The molecule has 3 amide bonds. The fourth-order valence-corrected chi connectivity index (χ4v) is 3.53. The molecule has 1 atom stereocenters. The summed E-state index contributed by atoms with van der Waals surface area (Å²) in [7, 11) is 0. The number of nitrogens with zero attached hydrogens (tertiary/aromatic N) is 2. The number of hydrogen-bond acceptors (Lipinski definition) is 4. The number of carbonyl (C=O) groups excluding carboxylic acids is 2. The molecule has 7 heteroatoms. The summed E-state index contributed by atoms with van der Waals surface area (Å²) in [6.07, 6.45) is 0. The lowest BCUT2D eigenvalue weighted by Gasteiger charge is -2.27. The molecular weight excluding hydrogens is 384 g/mol. The molecule has 6 nitrogen and oxygen atoms in total. The molecule has 0 bridgehead atoms. The van der Waals surface area contributed by atoms with Gasteiger partial charge in [-0.3, -0.25) is 4.79 Å². The smallest absolute Gasteiger partial charge is 0.322 e. The molecule has 0 aliphatic rings. The fraction of sp³-hybridized carbons (Fsp3) is 0.500. The van der Waals surface area contributed by atoms with Crippen molar-refractivity contribution in [2.45, 2.75) is 67.1 Å². The molecule has 0 aliphatic heterocycles. The van der Waals surface area contributed by atoms with Crippen molar-refractivity contribution < 1.29 is 9.59 Å². The van der Waals surface area contributed by atoms with Gasteiger partial charge in [0, 0.05) is 23.2 Å². The number of hydrogen-bond donors (Lipinski definition) is 2. The van der Waals surface area contributed by atoms with Crippen LogP contribution < -0.4 is 10.6 Å². The van der Waals surface area contributed by atoms with E-state index < -0.39 is 0 Å².